The smallest absolute Gasteiger partial charge is 0.0325 e. The lowest BCUT2D eigenvalue weighted by Crippen LogP contribution is -2.40. The first-order valence-electron chi connectivity index (χ1n) is 6.51. The maximum absolute atomic E-state index is 3.48. The lowest BCUT2D eigenvalue weighted by atomic mass is 9.87. The summed E-state index contributed by atoms with van der Waals surface area (Å²) in [6.07, 6.45) is 1.22. The summed E-state index contributed by atoms with van der Waals surface area (Å²) in [4.78, 5) is 3.89. The van der Waals surface area contributed by atoms with Gasteiger partial charge in [-0.15, -0.1) is 11.3 Å². The van der Waals surface area contributed by atoms with E-state index in [4.69, 9.17) is 0 Å². The molecule has 1 heterocycles. The molecule has 17 heavy (non-hydrogen) atoms. The molecule has 1 N–H and O–H groups in total. The van der Waals surface area contributed by atoms with Gasteiger partial charge in [-0.2, -0.15) is 0 Å². The van der Waals surface area contributed by atoms with Gasteiger partial charge in [-0.1, -0.05) is 26.8 Å². The van der Waals surface area contributed by atoms with Gasteiger partial charge in [0, 0.05) is 24.5 Å². The third kappa shape index (κ3) is 5.19. The van der Waals surface area contributed by atoms with Gasteiger partial charge in [0.15, 0.2) is 0 Å². The van der Waals surface area contributed by atoms with Crippen molar-refractivity contribution in [1.29, 1.82) is 0 Å². The number of rotatable bonds is 8. The largest absolute Gasteiger partial charge is 0.316 e. The molecule has 0 aliphatic rings. The second-order valence-electron chi connectivity index (χ2n) is 5.20. The predicted molar refractivity (Wildman–Crippen MR) is 77.6 cm³/mol. The molecular formula is C14H26N2S. The van der Waals surface area contributed by atoms with Crippen molar-refractivity contribution >= 4 is 11.3 Å². The maximum atomic E-state index is 3.48. The molecule has 0 saturated heterocycles. The summed E-state index contributed by atoms with van der Waals surface area (Å²) in [5, 5.41) is 5.63. The van der Waals surface area contributed by atoms with Crippen molar-refractivity contribution in [2.45, 2.75) is 33.7 Å². The zero-order valence-corrected chi connectivity index (χ0v) is 12.4. The van der Waals surface area contributed by atoms with Crippen molar-refractivity contribution in [3.63, 3.8) is 0 Å². The average Bonchev–Trinajstić information content (AvgIpc) is 2.79. The summed E-state index contributed by atoms with van der Waals surface area (Å²) in [5.41, 5.74) is 0.377. The molecule has 3 heteroatoms. The fraction of sp³-hybridized carbons (Fsp3) is 0.714. The molecule has 0 aromatic carbocycles. The molecule has 98 valence electrons. The molecule has 1 aromatic rings. The van der Waals surface area contributed by atoms with Gasteiger partial charge < -0.3 is 10.2 Å². The first-order valence-corrected chi connectivity index (χ1v) is 7.39. The van der Waals surface area contributed by atoms with E-state index < -0.39 is 0 Å². The zero-order chi connectivity index (χ0) is 12.7. The Hall–Kier alpha value is -0.380. The number of nitrogens with zero attached hydrogens (tertiary/aromatic N) is 1. The average molecular weight is 254 g/mol. The SMILES string of the molecule is CCNCC(C)(CC)CN(C)Cc1cccs1. The minimum atomic E-state index is 0.377. The quantitative estimate of drug-likeness (QED) is 0.766. The monoisotopic (exact) mass is 254 g/mol. The molecule has 1 rings (SSSR count). The highest BCUT2D eigenvalue weighted by Crippen LogP contribution is 2.22. The molecule has 1 unspecified atom stereocenters. The van der Waals surface area contributed by atoms with E-state index in [1.54, 1.807) is 0 Å². The molecule has 0 fully saturated rings. The molecule has 0 aliphatic carbocycles. The first-order chi connectivity index (χ1) is 8.09. The van der Waals surface area contributed by atoms with Crippen LogP contribution in [0, 0.1) is 5.41 Å². The van der Waals surface area contributed by atoms with Crippen LogP contribution in [0.4, 0.5) is 0 Å². The lowest BCUT2D eigenvalue weighted by molar-refractivity contribution is 0.177. The van der Waals surface area contributed by atoms with Crippen LogP contribution >= 0.6 is 11.3 Å². The Balaban J connectivity index is 2.43. The highest BCUT2D eigenvalue weighted by atomic mass is 32.1. The third-order valence-corrected chi connectivity index (χ3v) is 4.17. The van der Waals surface area contributed by atoms with Crippen LogP contribution in [0.2, 0.25) is 0 Å². The minimum Gasteiger partial charge on any atom is -0.316 e. The first kappa shape index (κ1) is 14.7. The maximum Gasteiger partial charge on any atom is 0.0325 e. The second kappa shape index (κ2) is 7.14. The van der Waals surface area contributed by atoms with Crippen molar-refractivity contribution in [2.24, 2.45) is 5.41 Å². The Morgan fingerprint density at radius 3 is 2.71 bits per heavy atom. The van der Waals surface area contributed by atoms with Gasteiger partial charge in [-0.25, -0.2) is 0 Å². The number of thiophene rings is 1. The van der Waals surface area contributed by atoms with Crippen LogP contribution in [-0.2, 0) is 6.54 Å². The number of hydrogen-bond donors (Lipinski definition) is 1. The number of nitrogens with one attached hydrogen (secondary N) is 1. The van der Waals surface area contributed by atoms with Gasteiger partial charge in [0.1, 0.15) is 0 Å². The highest BCUT2D eigenvalue weighted by Gasteiger charge is 2.23. The van der Waals surface area contributed by atoms with Crippen LogP contribution in [0.5, 0.6) is 0 Å². The fourth-order valence-electron chi connectivity index (χ4n) is 2.10. The Morgan fingerprint density at radius 1 is 1.41 bits per heavy atom. The van der Waals surface area contributed by atoms with E-state index in [1.807, 2.05) is 11.3 Å². The number of hydrogen-bond acceptors (Lipinski definition) is 3. The second-order valence-corrected chi connectivity index (χ2v) is 6.23. The molecule has 2 nitrogen and oxygen atoms in total. The summed E-state index contributed by atoms with van der Waals surface area (Å²) >= 11 is 1.85. The van der Waals surface area contributed by atoms with Crippen molar-refractivity contribution in [2.75, 3.05) is 26.7 Å². The van der Waals surface area contributed by atoms with Crippen molar-refractivity contribution in [3.05, 3.63) is 22.4 Å². The van der Waals surface area contributed by atoms with Crippen LogP contribution in [0.1, 0.15) is 32.1 Å². The van der Waals surface area contributed by atoms with E-state index in [2.05, 4.69) is 55.5 Å². The normalized spacial score (nSPS) is 15.1. The van der Waals surface area contributed by atoms with Gasteiger partial charge >= 0.3 is 0 Å². The topological polar surface area (TPSA) is 15.3 Å². The fourth-order valence-corrected chi connectivity index (χ4v) is 2.88. The zero-order valence-electron chi connectivity index (χ0n) is 11.6. The molecular weight excluding hydrogens is 228 g/mol. The van der Waals surface area contributed by atoms with E-state index in [-0.39, 0.29) is 0 Å². The molecule has 1 aromatic heterocycles. The minimum absolute atomic E-state index is 0.377. The summed E-state index contributed by atoms with van der Waals surface area (Å²) in [7, 11) is 2.22. The summed E-state index contributed by atoms with van der Waals surface area (Å²) < 4.78 is 0. The molecule has 0 spiro atoms. The Bertz CT molecular complexity index is 297. The van der Waals surface area contributed by atoms with Crippen molar-refractivity contribution in [3.8, 4) is 0 Å². The summed E-state index contributed by atoms with van der Waals surface area (Å²) in [6.45, 7) is 11.2. The van der Waals surface area contributed by atoms with E-state index in [1.165, 1.54) is 11.3 Å². The Kier molecular flexibility index (Phi) is 6.17. The van der Waals surface area contributed by atoms with Gasteiger partial charge in [-0.3, -0.25) is 0 Å². The van der Waals surface area contributed by atoms with E-state index in [0.29, 0.717) is 5.41 Å². The van der Waals surface area contributed by atoms with Gasteiger partial charge in [0.25, 0.3) is 0 Å². The van der Waals surface area contributed by atoms with Crippen molar-refractivity contribution in [1.82, 2.24) is 10.2 Å². The molecule has 0 saturated carbocycles. The van der Waals surface area contributed by atoms with Crippen molar-refractivity contribution < 1.29 is 0 Å². The molecule has 0 amide bonds. The summed E-state index contributed by atoms with van der Waals surface area (Å²) in [5.74, 6) is 0. The highest BCUT2D eigenvalue weighted by molar-refractivity contribution is 7.09. The van der Waals surface area contributed by atoms with Crippen LogP contribution in [0.25, 0.3) is 0 Å². The van der Waals surface area contributed by atoms with Gasteiger partial charge in [0.05, 0.1) is 0 Å². The molecule has 1 atom stereocenters. The van der Waals surface area contributed by atoms with E-state index in [0.717, 1.165) is 26.2 Å². The van der Waals surface area contributed by atoms with Crippen LogP contribution < -0.4 is 5.32 Å². The standard InChI is InChI=1S/C14H26N2S/c1-5-14(3,11-15-6-2)12-16(4)10-13-8-7-9-17-13/h7-9,15H,5-6,10-12H2,1-4H3. The molecule has 0 bridgehead atoms. The molecule has 0 aliphatic heterocycles. The third-order valence-electron chi connectivity index (χ3n) is 3.31. The Labute approximate surface area is 110 Å². The Morgan fingerprint density at radius 2 is 2.18 bits per heavy atom. The predicted octanol–water partition coefficient (Wildman–Crippen LogP) is 3.21. The van der Waals surface area contributed by atoms with Crippen LogP contribution in [0.3, 0.4) is 0 Å². The van der Waals surface area contributed by atoms with Gasteiger partial charge in [-0.05, 0) is 36.9 Å². The van der Waals surface area contributed by atoms with Crippen LogP contribution in [0.15, 0.2) is 17.5 Å². The summed E-state index contributed by atoms with van der Waals surface area (Å²) in [6, 6.07) is 4.35. The molecule has 0 radical (unpaired) electrons. The lowest BCUT2D eigenvalue weighted by Gasteiger charge is -2.33. The van der Waals surface area contributed by atoms with E-state index >= 15 is 0 Å². The van der Waals surface area contributed by atoms with Crippen LogP contribution in [-0.4, -0.2) is 31.6 Å². The van der Waals surface area contributed by atoms with Gasteiger partial charge in [0.2, 0.25) is 0 Å². The van der Waals surface area contributed by atoms with E-state index in [9.17, 15) is 0 Å².